The third-order valence-electron chi connectivity index (χ3n) is 4.15. The van der Waals surface area contributed by atoms with Gasteiger partial charge in [0.05, 0.1) is 5.56 Å². The zero-order valence-corrected chi connectivity index (χ0v) is 12.6. The highest BCUT2D eigenvalue weighted by Crippen LogP contribution is 2.31. The first-order valence-electron chi connectivity index (χ1n) is 7.39. The molecule has 0 aromatic heterocycles. The molecule has 2 unspecified atom stereocenters. The van der Waals surface area contributed by atoms with Crippen molar-refractivity contribution < 1.29 is 27.9 Å². The van der Waals surface area contributed by atoms with Crippen molar-refractivity contribution in [3.63, 3.8) is 0 Å². The van der Waals surface area contributed by atoms with Gasteiger partial charge in [0.25, 0.3) is 0 Å². The number of hydrogen-bond donors (Lipinski definition) is 1. The van der Waals surface area contributed by atoms with Crippen LogP contribution < -0.4 is 0 Å². The maximum absolute atomic E-state index is 12.5. The fourth-order valence-corrected chi connectivity index (χ4v) is 2.82. The lowest BCUT2D eigenvalue weighted by Crippen LogP contribution is -2.40. The van der Waals surface area contributed by atoms with E-state index in [1.54, 1.807) is 6.92 Å². The Morgan fingerprint density at radius 2 is 1.91 bits per heavy atom. The summed E-state index contributed by atoms with van der Waals surface area (Å²) in [5.74, 6) is -1.57. The van der Waals surface area contributed by atoms with Gasteiger partial charge in [-0.3, -0.25) is 4.79 Å². The SMILES string of the molecule is CC(CC(=O)N1CCCC1C(=O)O)c1ccc(C(F)(F)F)cc1. The number of carboxylic acid groups (broad SMARTS) is 1. The second-order valence-electron chi connectivity index (χ2n) is 5.81. The summed E-state index contributed by atoms with van der Waals surface area (Å²) in [5, 5.41) is 9.09. The lowest BCUT2D eigenvalue weighted by atomic mass is 9.96. The van der Waals surface area contributed by atoms with Crippen LogP contribution in [0.1, 0.15) is 43.2 Å². The first kappa shape index (κ1) is 17.3. The first-order chi connectivity index (χ1) is 10.7. The number of carbonyl (C=O) groups is 2. The minimum absolute atomic E-state index is 0.0785. The molecule has 1 amide bonds. The number of hydrogen-bond acceptors (Lipinski definition) is 2. The van der Waals surface area contributed by atoms with Crippen molar-refractivity contribution in [2.24, 2.45) is 0 Å². The Bertz CT molecular complexity index is 583. The molecule has 1 fully saturated rings. The standard InChI is InChI=1S/C16H18F3NO3/c1-10(11-4-6-12(7-5-11)16(17,18)19)9-14(21)20-8-2-3-13(20)15(22)23/h4-7,10,13H,2-3,8-9H2,1H3,(H,22,23). The molecule has 126 valence electrons. The Hall–Kier alpha value is -2.05. The van der Waals surface area contributed by atoms with E-state index in [0.29, 0.717) is 24.9 Å². The molecule has 1 heterocycles. The van der Waals surface area contributed by atoms with E-state index in [0.717, 1.165) is 12.1 Å². The van der Waals surface area contributed by atoms with Gasteiger partial charge in [0, 0.05) is 13.0 Å². The number of nitrogens with zero attached hydrogens (tertiary/aromatic N) is 1. The van der Waals surface area contributed by atoms with Gasteiger partial charge in [-0.25, -0.2) is 4.79 Å². The number of likely N-dealkylation sites (tertiary alicyclic amines) is 1. The van der Waals surface area contributed by atoms with E-state index in [1.165, 1.54) is 17.0 Å². The smallest absolute Gasteiger partial charge is 0.416 e. The number of halogens is 3. The Morgan fingerprint density at radius 3 is 2.43 bits per heavy atom. The van der Waals surface area contributed by atoms with E-state index < -0.39 is 23.8 Å². The van der Waals surface area contributed by atoms with Crippen molar-refractivity contribution in [1.82, 2.24) is 4.90 Å². The third kappa shape index (κ3) is 4.03. The second-order valence-corrected chi connectivity index (χ2v) is 5.81. The number of carboxylic acids is 1. The van der Waals surface area contributed by atoms with Gasteiger partial charge in [0.2, 0.25) is 5.91 Å². The largest absolute Gasteiger partial charge is 0.480 e. The zero-order chi connectivity index (χ0) is 17.2. The molecule has 2 atom stereocenters. The fraction of sp³-hybridized carbons (Fsp3) is 0.500. The van der Waals surface area contributed by atoms with E-state index in [-0.39, 0.29) is 18.2 Å². The van der Waals surface area contributed by atoms with E-state index in [1.807, 2.05) is 0 Å². The summed E-state index contributed by atoms with van der Waals surface area (Å²) in [4.78, 5) is 24.7. The third-order valence-corrected chi connectivity index (χ3v) is 4.15. The molecular weight excluding hydrogens is 311 g/mol. The summed E-state index contributed by atoms with van der Waals surface area (Å²) < 4.78 is 37.6. The molecule has 23 heavy (non-hydrogen) atoms. The van der Waals surface area contributed by atoms with Crippen molar-refractivity contribution in [2.75, 3.05) is 6.54 Å². The number of benzene rings is 1. The van der Waals surface area contributed by atoms with Gasteiger partial charge < -0.3 is 10.0 Å². The van der Waals surface area contributed by atoms with E-state index in [9.17, 15) is 22.8 Å². The lowest BCUT2D eigenvalue weighted by molar-refractivity contribution is -0.148. The van der Waals surface area contributed by atoms with Gasteiger partial charge in [-0.2, -0.15) is 13.2 Å². The topological polar surface area (TPSA) is 57.6 Å². The number of alkyl halides is 3. The quantitative estimate of drug-likeness (QED) is 0.922. The van der Waals surface area contributed by atoms with Crippen molar-refractivity contribution in [3.8, 4) is 0 Å². The predicted octanol–water partition coefficient (Wildman–Crippen LogP) is 3.27. The van der Waals surface area contributed by atoms with Gasteiger partial charge in [-0.15, -0.1) is 0 Å². The van der Waals surface area contributed by atoms with Crippen LogP contribution in [0.15, 0.2) is 24.3 Å². The zero-order valence-electron chi connectivity index (χ0n) is 12.6. The molecule has 1 saturated heterocycles. The molecule has 0 spiro atoms. The van der Waals surface area contributed by atoms with Gasteiger partial charge in [0.15, 0.2) is 0 Å². The minimum Gasteiger partial charge on any atom is -0.480 e. The summed E-state index contributed by atoms with van der Waals surface area (Å²) in [5.41, 5.74) is -0.109. The number of rotatable bonds is 4. The fourth-order valence-electron chi connectivity index (χ4n) is 2.82. The van der Waals surface area contributed by atoms with Crippen molar-refractivity contribution in [3.05, 3.63) is 35.4 Å². The van der Waals surface area contributed by atoms with Gasteiger partial charge in [0.1, 0.15) is 6.04 Å². The molecule has 0 saturated carbocycles. The van der Waals surface area contributed by atoms with Gasteiger partial charge in [-0.05, 0) is 36.5 Å². The van der Waals surface area contributed by atoms with E-state index in [2.05, 4.69) is 0 Å². The Kier molecular flexibility index (Phi) is 4.97. The van der Waals surface area contributed by atoms with Crippen LogP contribution in [-0.4, -0.2) is 34.5 Å². The average molecular weight is 329 g/mol. The van der Waals surface area contributed by atoms with Crippen molar-refractivity contribution in [1.29, 1.82) is 0 Å². The minimum atomic E-state index is -4.39. The highest BCUT2D eigenvalue weighted by atomic mass is 19.4. The molecule has 1 aliphatic rings. The van der Waals surface area contributed by atoms with Crippen LogP contribution in [0, 0.1) is 0 Å². The van der Waals surface area contributed by atoms with Crippen LogP contribution in [0.5, 0.6) is 0 Å². The lowest BCUT2D eigenvalue weighted by Gasteiger charge is -2.23. The maximum Gasteiger partial charge on any atom is 0.416 e. The number of carbonyl (C=O) groups excluding carboxylic acids is 1. The molecule has 0 aliphatic carbocycles. The monoisotopic (exact) mass is 329 g/mol. The van der Waals surface area contributed by atoms with Gasteiger partial charge in [-0.1, -0.05) is 19.1 Å². The normalized spacial score (nSPS) is 19.7. The van der Waals surface area contributed by atoms with Crippen molar-refractivity contribution in [2.45, 2.75) is 44.3 Å². The maximum atomic E-state index is 12.5. The van der Waals surface area contributed by atoms with Crippen LogP contribution in [0.3, 0.4) is 0 Å². The summed E-state index contributed by atoms with van der Waals surface area (Å²) in [7, 11) is 0. The van der Waals surface area contributed by atoms with E-state index in [4.69, 9.17) is 5.11 Å². The van der Waals surface area contributed by atoms with Crippen LogP contribution in [-0.2, 0) is 15.8 Å². The summed E-state index contributed by atoms with van der Waals surface area (Å²) in [6, 6.07) is 3.92. The number of aliphatic carboxylic acids is 1. The molecular formula is C16H18F3NO3. The molecule has 0 radical (unpaired) electrons. The van der Waals surface area contributed by atoms with Crippen LogP contribution in [0.25, 0.3) is 0 Å². The van der Waals surface area contributed by atoms with Crippen LogP contribution in [0.2, 0.25) is 0 Å². The molecule has 4 nitrogen and oxygen atoms in total. The van der Waals surface area contributed by atoms with Crippen molar-refractivity contribution >= 4 is 11.9 Å². The second kappa shape index (κ2) is 6.60. The van der Waals surface area contributed by atoms with Crippen LogP contribution >= 0.6 is 0 Å². The highest BCUT2D eigenvalue weighted by Gasteiger charge is 2.34. The van der Waals surface area contributed by atoms with E-state index >= 15 is 0 Å². The molecule has 0 bridgehead atoms. The predicted molar refractivity (Wildman–Crippen MR) is 76.8 cm³/mol. The van der Waals surface area contributed by atoms with Gasteiger partial charge >= 0.3 is 12.1 Å². The molecule has 1 aromatic rings. The summed E-state index contributed by atoms with van der Waals surface area (Å²) in [6.07, 6.45) is -3.22. The molecule has 1 aliphatic heterocycles. The molecule has 1 aromatic carbocycles. The van der Waals surface area contributed by atoms with Crippen LogP contribution in [0.4, 0.5) is 13.2 Å². The highest BCUT2D eigenvalue weighted by molar-refractivity contribution is 5.84. The Morgan fingerprint density at radius 1 is 1.30 bits per heavy atom. The Balaban J connectivity index is 2.02. The summed E-state index contributed by atoms with van der Waals surface area (Å²) >= 11 is 0. The molecule has 2 rings (SSSR count). The first-order valence-corrected chi connectivity index (χ1v) is 7.39. The number of amides is 1. The molecule has 7 heteroatoms. The summed E-state index contributed by atoms with van der Waals surface area (Å²) in [6.45, 7) is 2.15. The molecule has 1 N–H and O–H groups in total. The average Bonchev–Trinajstić information content (AvgIpc) is 2.96. The Labute approximate surface area is 131 Å².